The number of hydrogen-bond acceptors (Lipinski definition) is 4. The largest absolute Gasteiger partial charge is 0.494 e. The van der Waals surface area contributed by atoms with Gasteiger partial charge in [-0.05, 0) is 49.2 Å². The maximum atomic E-state index is 14.6. The minimum absolute atomic E-state index is 0.191. The Morgan fingerprint density at radius 3 is 1.65 bits per heavy atom. The summed E-state index contributed by atoms with van der Waals surface area (Å²) in [5.41, 5.74) is -0.472. The van der Waals surface area contributed by atoms with Crippen LogP contribution in [0.4, 0.5) is 8.78 Å². The van der Waals surface area contributed by atoms with Gasteiger partial charge in [-0.2, -0.15) is 4.39 Å². The summed E-state index contributed by atoms with van der Waals surface area (Å²) in [7, 11) is 0. The van der Waals surface area contributed by atoms with Crippen LogP contribution in [0.15, 0.2) is 36.4 Å². The first-order valence-corrected chi connectivity index (χ1v) is 14.1. The van der Waals surface area contributed by atoms with Crippen molar-refractivity contribution in [2.75, 3.05) is 13.2 Å². The quantitative estimate of drug-likeness (QED) is 0.0995. The van der Waals surface area contributed by atoms with Gasteiger partial charge in [-0.15, -0.1) is 0 Å². The van der Waals surface area contributed by atoms with Crippen LogP contribution in [0, 0.1) is 11.6 Å². The maximum Gasteiger partial charge on any atom is 0.346 e. The lowest BCUT2D eigenvalue weighted by atomic mass is 10.1. The van der Waals surface area contributed by atoms with Gasteiger partial charge in [0.2, 0.25) is 5.82 Å². The minimum Gasteiger partial charge on any atom is -0.494 e. The summed E-state index contributed by atoms with van der Waals surface area (Å²) in [6.07, 6.45) is 16.2. The highest BCUT2D eigenvalue weighted by Gasteiger charge is 2.21. The van der Waals surface area contributed by atoms with Gasteiger partial charge >= 0.3 is 5.97 Å². The monoisotopic (exact) mass is 518 g/mol. The van der Waals surface area contributed by atoms with Gasteiger partial charge in [0, 0.05) is 0 Å². The number of esters is 1. The number of rotatable bonds is 20. The number of benzene rings is 2. The van der Waals surface area contributed by atoms with E-state index in [4.69, 9.17) is 14.2 Å². The molecule has 6 heteroatoms. The topological polar surface area (TPSA) is 44.8 Å². The fourth-order valence-electron chi connectivity index (χ4n) is 4.06. The number of ether oxygens (including phenoxy) is 3. The molecule has 0 aliphatic heterocycles. The Kier molecular flexibility index (Phi) is 15.4. The fraction of sp³-hybridized carbons (Fsp3) is 0.581. The smallest absolute Gasteiger partial charge is 0.346 e. The highest BCUT2D eigenvalue weighted by Crippen LogP contribution is 2.25. The number of halogens is 2. The summed E-state index contributed by atoms with van der Waals surface area (Å²) >= 11 is 0. The first kappa shape index (κ1) is 30.6. The molecule has 206 valence electrons. The van der Waals surface area contributed by atoms with Crippen molar-refractivity contribution in [3.63, 3.8) is 0 Å². The molecule has 37 heavy (non-hydrogen) atoms. The Balaban J connectivity index is 1.74. The van der Waals surface area contributed by atoms with Crippen LogP contribution in [0.3, 0.4) is 0 Å². The Labute approximate surface area is 221 Å². The summed E-state index contributed by atoms with van der Waals surface area (Å²) in [5, 5.41) is 0. The molecule has 0 amide bonds. The van der Waals surface area contributed by atoms with Crippen LogP contribution in [-0.4, -0.2) is 19.2 Å². The normalized spacial score (nSPS) is 10.9. The molecule has 0 radical (unpaired) electrons. The lowest BCUT2D eigenvalue weighted by Crippen LogP contribution is -2.12. The molecule has 2 aromatic carbocycles. The van der Waals surface area contributed by atoms with E-state index < -0.39 is 23.2 Å². The summed E-state index contributed by atoms with van der Waals surface area (Å²) in [6, 6.07) is 9.01. The van der Waals surface area contributed by atoms with Crippen LogP contribution < -0.4 is 14.2 Å². The molecule has 0 saturated carbocycles. The van der Waals surface area contributed by atoms with Gasteiger partial charge < -0.3 is 14.2 Å². The molecule has 2 aromatic rings. The lowest BCUT2D eigenvalue weighted by molar-refractivity contribution is 0.0728. The molecule has 2 rings (SSSR count). The highest BCUT2D eigenvalue weighted by atomic mass is 19.2. The van der Waals surface area contributed by atoms with Crippen molar-refractivity contribution in [2.24, 2.45) is 0 Å². The van der Waals surface area contributed by atoms with Crippen LogP contribution in [0.5, 0.6) is 17.2 Å². The first-order valence-electron chi connectivity index (χ1n) is 14.1. The van der Waals surface area contributed by atoms with Crippen molar-refractivity contribution < 1.29 is 27.8 Å². The third-order valence-corrected chi connectivity index (χ3v) is 6.32. The summed E-state index contributed by atoms with van der Waals surface area (Å²) in [6.45, 7) is 5.33. The van der Waals surface area contributed by atoms with Gasteiger partial charge in [-0.25, -0.2) is 9.18 Å². The van der Waals surface area contributed by atoms with E-state index in [2.05, 4.69) is 13.8 Å². The Morgan fingerprint density at radius 2 is 1.08 bits per heavy atom. The maximum absolute atomic E-state index is 14.6. The minimum atomic E-state index is -1.27. The van der Waals surface area contributed by atoms with Gasteiger partial charge in [-0.3, -0.25) is 0 Å². The fourth-order valence-corrected chi connectivity index (χ4v) is 4.06. The molecule has 0 unspecified atom stereocenters. The number of carbonyl (C=O) groups is 1. The molecular formula is C31H44F2O4. The van der Waals surface area contributed by atoms with Crippen molar-refractivity contribution in [2.45, 2.75) is 104 Å². The van der Waals surface area contributed by atoms with Crippen molar-refractivity contribution in [3.05, 3.63) is 53.6 Å². The molecule has 0 aromatic heterocycles. The standard InChI is InChI=1S/C31H44F2O4/c1-3-5-7-9-11-12-14-16-24-36-28-22-21-27(29(32)30(28)33)31(34)37-26-19-17-25(18-20-26)35-23-15-13-10-8-6-4-2/h17-22H,3-16,23-24H2,1-2H3. The second kappa shape index (κ2) is 18.6. The molecule has 4 nitrogen and oxygen atoms in total. The van der Waals surface area contributed by atoms with E-state index in [1.807, 2.05) is 0 Å². The molecule has 0 saturated heterocycles. The third-order valence-electron chi connectivity index (χ3n) is 6.32. The van der Waals surface area contributed by atoms with Crippen molar-refractivity contribution in [3.8, 4) is 17.2 Å². The second-order valence-electron chi connectivity index (χ2n) is 9.54. The van der Waals surface area contributed by atoms with Crippen LogP contribution in [0.1, 0.15) is 114 Å². The molecule has 0 N–H and O–H groups in total. The molecule has 0 spiro atoms. The van der Waals surface area contributed by atoms with E-state index in [9.17, 15) is 13.6 Å². The predicted molar refractivity (Wildman–Crippen MR) is 145 cm³/mol. The molecule has 0 aliphatic rings. The number of hydrogen-bond donors (Lipinski definition) is 0. The molecule has 0 fully saturated rings. The van der Waals surface area contributed by atoms with Gasteiger partial charge in [0.25, 0.3) is 0 Å². The Hall–Kier alpha value is -2.63. The Morgan fingerprint density at radius 1 is 0.595 bits per heavy atom. The molecule has 0 aliphatic carbocycles. The Bertz CT molecular complexity index is 899. The van der Waals surface area contributed by atoms with Gasteiger partial charge in [0.1, 0.15) is 11.5 Å². The van der Waals surface area contributed by atoms with Gasteiger partial charge in [-0.1, -0.05) is 90.9 Å². The highest BCUT2D eigenvalue weighted by molar-refractivity contribution is 5.91. The zero-order valence-electron chi connectivity index (χ0n) is 22.7. The zero-order valence-corrected chi connectivity index (χ0v) is 22.7. The van der Waals surface area contributed by atoms with Crippen LogP contribution in [0.25, 0.3) is 0 Å². The molecule has 0 heterocycles. The molecule has 0 bridgehead atoms. The van der Waals surface area contributed by atoms with E-state index in [0.717, 1.165) is 32.1 Å². The van der Waals surface area contributed by atoms with Crippen molar-refractivity contribution in [1.29, 1.82) is 0 Å². The van der Waals surface area contributed by atoms with E-state index >= 15 is 0 Å². The summed E-state index contributed by atoms with van der Waals surface area (Å²) in [5.74, 6) is -2.70. The SMILES string of the molecule is CCCCCCCCCCOc1ccc(C(=O)Oc2ccc(OCCCCCCCC)cc2)c(F)c1F. The second-order valence-corrected chi connectivity index (χ2v) is 9.54. The van der Waals surface area contributed by atoms with Crippen LogP contribution in [-0.2, 0) is 0 Å². The molecular weight excluding hydrogens is 474 g/mol. The van der Waals surface area contributed by atoms with E-state index in [1.165, 1.54) is 69.9 Å². The first-order chi connectivity index (χ1) is 18.1. The molecule has 0 atom stereocenters. The lowest BCUT2D eigenvalue weighted by Gasteiger charge is -2.11. The predicted octanol–water partition coefficient (Wildman–Crippen LogP) is 9.44. The summed E-state index contributed by atoms with van der Waals surface area (Å²) in [4.78, 5) is 12.4. The third kappa shape index (κ3) is 12.0. The average Bonchev–Trinajstić information content (AvgIpc) is 2.90. The number of unbranched alkanes of at least 4 members (excludes halogenated alkanes) is 12. The zero-order chi connectivity index (χ0) is 26.7. The van der Waals surface area contributed by atoms with E-state index in [1.54, 1.807) is 24.3 Å². The van der Waals surface area contributed by atoms with Gasteiger partial charge in [0.05, 0.1) is 18.8 Å². The van der Waals surface area contributed by atoms with E-state index in [0.29, 0.717) is 19.0 Å². The van der Waals surface area contributed by atoms with Crippen molar-refractivity contribution in [1.82, 2.24) is 0 Å². The number of carbonyl (C=O) groups excluding carboxylic acids is 1. The van der Waals surface area contributed by atoms with E-state index in [-0.39, 0.29) is 11.5 Å². The summed E-state index contributed by atoms with van der Waals surface area (Å²) < 4.78 is 45.4. The van der Waals surface area contributed by atoms with Gasteiger partial charge in [0.15, 0.2) is 11.6 Å². The average molecular weight is 519 g/mol. The van der Waals surface area contributed by atoms with Crippen LogP contribution >= 0.6 is 0 Å². The van der Waals surface area contributed by atoms with Crippen LogP contribution in [0.2, 0.25) is 0 Å². The van der Waals surface area contributed by atoms with Crippen molar-refractivity contribution >= 4 is 5.97 Å².